The van der Waals surface area contributed by atoms with Crippen molar-refractivity contribution >= 4 is 22.7 Å². The maximum atomic E-state index is 12.3. The molecule has 0 saturated heterocycles. The zero-order chi connectivity index (χ0) is 18.1. The Morgan fingerprint density at radius 2 is 2.04 bits per heavy atom. The van der Waals surface area contributed by atoms with Gasteiger partial charge in [-0.25, -0.2) is 14.5 Å². The zero-order valence-corrected chi connectivity index (χ0v) is 14.7. The molecule has 4 rings (SSSR count). The van der Waals surface area contributed by atoms with Gasteiger partial charge in [-0.15, -0.1) is 5.10 Å². The number of carbonyl (C=O) groups excluding carboxylic acids is 1. The van der Waals surface area contributed by atoms with Crippen LogP contribution in [0.2, 0.25) is 0 Å². The number of aromatic nitrogens is 6. The number of aryl methyl sites for hydroxylation is 3. The van der Waals surface area contributed by atoms with Crippen molar-refractivity contribution in [1.82, 2.24) is 34.9 Å². The maximum Gasteiger partial charge on any atom is 0.291 e. The molecule has 0 aliphatic heterocycles. The Bertz CT molecular complexity index is 1060. The molecule has 2 N–H and O–H groups in total. The number of amides is 1. The van der Waals surface area contributed by atoms with Gasteiger partial charge < -0.3 is 10.3 Å². The number of rotatable bonds is 5. The lowest BCUT2D eigenvalue weighted by molar-refractivity contribution is 0.0943. The fourth-order valence-electron chi connectivity index (χ4n) is 2.92. The number of aromatic amines is 1. The van der Waals surface area contributed by atoms with Crippen molar-refractivity contribution in [2.75, 3.05) is 6.54 Å². The molecule has 3 aromatic heterocycles. The third kappa shape index (κ3) is 3.13. The Morgan fingerprint density at radius 1 is 1.19 bits per heavy atom. The summed E-state index contributed by atoms with van der Waals surface area (Å²) in [4.78, 5) is 28.6. The van der Waals surface area contributed by atoms with Crippen molar-refractivity contribution in [3.05, 3.63) is 53.4 Å². The minimum absolute atomic E-state index is 0.134. The first-order chi connectivity index (χ1) is 12.6. The van der Waals surface area contributed by atoms with E-state index in [-0.39, 0.29) is 11.7 Å². The fraction of sp³-hybridized carbons (Fsp3) is 0.278. The van der Waals surface area contributed by atoms with Crippen LogP contribution in [0.25, 0.3) is 16.8 Å². The lowest BCUT2D eigenvalue weighted by Gasteiger charge is -2.01. The van der Waals surface area contributed by atoms with Crippen molar-refractivity contribution in [3.8, 4) is 0 Å². The van der Waals surface area contributed by atoms with Crippen molar-refractivity contribution in [1.29, 1.82) is 0 Å². The minimum atomic E-state index is -0.294. The molecule has 0 saturated carbocycles. The van der Waals surface area contributed by atoms with Crippen molar-refractivity contribution in [2.45, 2.75) is 26.7 Å². The Balaban J connectivity index is 1.36. The number of nitrogens with zero attached hydrogens (tertiary/aromatic N) is 5. The number of benzene rings is 1. The predicted octanol–water partition coefficient (Wildman–Crippen LogP) is 1.98. The Morgan fingerprint density at radius 3 is 2.88 bits per heavy atom. The lowest BCUT2D eigenvalue weighted by Crippen LogP contribution is -2.26. The number of para-hydroxylation sites is 2. The second kappa shape index (κ2) is 6.55. The Kier molecular flexibility index (Phi) is 4.08. The largest absolute Gasteiger partial charge is 0.349 e. The number of hydrogen-bond donors (Lipinski definition) is 2. The van der Waals surface area contributed by atoms with Crippen LogP contribution in [0.15, 0.2) is 30.3 Å². The average molecular weight is 349 g/mol. The SMILES string of the molecule is Cc1cc(C)n2nc(C(=O)NCCCc3nc4ccccc4[nH]3)nc2n1. The highest BCUT2D eigenvalue weighted by molar-refractivity contribution is 5.90. The fourth-order valence-corrected chi connectivity index (χ4v) is 2.92. The van der Waals surface area contributed by atoms with E-state index in [2.05, 4.69) is 30.4 Å². The highest BCUT2D eigenvalue weighted by Crippen LogP contribution is 2.11. The normalized spacial score (nSPS) is 11.3. The lowest BCUT2D eigenvalue weighted by atomic mass is 10.3. The topological polar surface area (TPSA) is 101 Å². The monoisotopic (exact) mass is 349 g/mol. The summed E-state index contributed by atoms with van der Waals surface area (Å²) >= 11 is 0. The van der Waals surface area contributed by atoms with Gasteiger partial charge in [-0.2, -0.15) is 4.98 Å². The summed E-state index contributed by atoms with van der Waals surface area (Å²) in [5, 5.41) is 7.08. The van der Waals surface area contributed by atoms with Crippen LogP contribution in [0.5, 0.6) is 0 Å². The van der Waals surface area contributed by atoms with Crippen molar-refractivity contribution < 1.29 is 4.79 Å². The first-order valence-corrected chi connectivity index (χ1v) is 8.53. The van der Waals surface area contributed by atoms with Gasteiger partial charge in [-0.1, -0.05) is 12.1 Å². The molecule has 1 amide bonds. The highest BCUT2D eigenvalue weighted by Gasteiger charge is 2.14. The molecule has 0 bridgehead atoms. The van der Waals surface area contributed by atoms with Crippen LogP contribution in [0, 0.1) is 13.8 Å². The standard InChI is InChI=1S/C18H19N7O/c1-11-10-12(2)25-18(20-11)23-16(24-25)17(26)19-9-5-8-15-21-13-6-3-4-7-14(13)22-15/h3-4,6-7,10H,5,8-9H2,1-2H3,(H,19,26)(H,21,22). The number of nitrogens with one attached hydrogen (secondary N) is 2. The molecule has 0 atom stereocenters. The quantitative estimate of drug-likeness (QED) is 0.537. The molecule has 0 aliphatic carbocycles. The first-order valence-electron chi connectivity index (χ1n) is 8.53. The van der Waals surface area contributed by atoms with Crippen LogP contribution in [-0.2, 0) is 6.42 Å². The Labute approximate surface area is 149 Å². The number of carbonyl (C=O) groups is 1. The van der Waals surface area contributed by atoms with Gasteiger partial charge in [-0.3, -0.25) is 4.79 Å². The van der Waals surface area contributed by atoms with Gasteiger partial charge in [0.05, 0.1) is 11.0 Å². The van der Waals surface area contributed by atoms with E-state index >= 15 is 0 Å². The molecule has 0 radical (unpaired) electrons. The third-order valence-electron chi connectivity index (χ3n) is 4.14. The molecular weight excluding hydrogens is 330 g/mol. The average Bonchev–Trinajstić information content (AvgIpc) is 3.22. The summed E-state index contributed by atoms with van der Waals surface area (Å²) in [6.07, 6.45) is 1.53. The van der Waals surface area contributed by atoms with E-state index in [0.717, 1.165) is 41.1 Å². The van der Waals surface area contributed by atoms with Crippen LogP contribution in [0.4, 0.5) is 0 Å². The summed E-state index contributed by atoms with van der Waals surface area (Å²) in [7, 11) is 0. The summed E-state index contributed by atoms with van der Waals surface area (Å²) in [6, 6.07) is 9.82. The summed E-state index contributed by atoms with van der Waals surface area (Å²) in [5.41, 5.74) is 3.72. The molecule has 3 heterocycles. The van der Waals surface area contributed by atoms with Gasteiger partial charge in [0, 0.05) is 24.4 Å². The van der Waals surface area contributed by atoms with E-state index in [1.807, 2.05) is 44.2 Å². The van der Waals surface area contributed by atoms with Gasteiger partial charge >= 0.3 is 0 Å². The molecule has 0 unspecified atom stereocenters. The molecule has 1 aromatic carbocycles. The molecule has 26 heavy (non-hydrogen) atoms. The second-order valence-electron chi connectivity index (χ2n) is 6.25. The van der Waals surface area contributed by atoms with Crippen molar-refractivity contribution in [3.63, 3.8) is 0 Å². The summed E-state index contributed by atoms with van der Waals surface area (Å²) in [5.74, 6) is 1.20. The zero-order valence-electron chi connectivity index (χ0n) is 14.7. The Hall–Kier alpha value is -3.29. The molecule has 4 aromatic rings. The number of hydrogen-bond acceptors (Lipinski definition) is 5. The predicted molar refractivity (Wildman–Crippen MR) is 97.0 cm³/mol. The van der Waals surface area contributed by atoms with E-state index in [0.29, 0.717) is 12.3 Å². The summed E-state index contributed by atoms with van der Waals surface area (Å²) in [6.45, 7) is 4.32. The van der Waals surface area contributed by atoms with E-state index < -0.39 is 0 Å². The number of imidazole rings is 1. The first kappa shape index (κ1) is 16.2. The van der Waals surface area contributed by atoms with Crippen LogP contribution < -0.4 is 5.32 Å². The maximum absolute atomic E-state index is 12.3. The highest BCUT2D eigenvalue weighted by atomic mass is 16.2. The number of H-pyrrole nitrogens is 1. The van der Waals surface area contributed by atoms with E-state index in [4.69, 9.17) is 0 Å². The van der Waals surface area contributed by atoms with E-state index in [1.54, 1.807) is 4.52 Å². The van der Waals surface area contributed by atoms with Gasteiger partial charge in [0.2, 0.25) is 5.82 Å². The molecule has 8 heteroatoms. The van der Waals surface area contributed by atoms with Crippen molar-refractivity contribution in [2.24, 2.45) is 0 Å². The number of fused-ring (bicyclic) bond motifs is 2. The van der Waals surface area contributed by atoms with Crippen LogP contribution in [0.1, 0.15) is 34.3 Å². The smallest absolute Gasteiger partial charge is 0.291 e. The van der Waals surface area contributed by atoms with Gasteiger partial charge in [0.15, 0.2) is 0 Å². The molecule has 0 spiro atoms. The third-order valence-corrected chi connectivity index (χ3v) is 4.14. The molecule has 8 nitrogen and oxygen atoms in total. The van der Waals surface area contributed by atoms with Gasteiger partial charge in [0.25, 0.3) is 11.7 Å². The van der Waals surface area contributed by atoms with Crippen LogP contribution in [-0.4, -0.2) is 42.0 Å². The van der Waals surface area contributed by atoms with E-state index in [1.165, 1.54) is 0 Å². The van der Waals surface area contributed by atoms with Gasteiger partial charge in [-0.05, 0) is 38.5 Å². The minimum Gasteiger partial charge on any atom is -0.349 e. The molecule has 0 fully saturated rings. The van der Waals surface area contributed by atoms with Gasteiger partial charge in [0.1, 0.15) is 5.82 Å². The van der Waals surface area contributed by atoms with Crippen LogP contribution >= 0.6 is 0 Å². The molecule has 0 aliphatic rings. The van der Waals surface area contributed by atoms with E-state index in [9.17, 15) is 4.79 Å². The van der Waals surface area contributed by atoms with Crippen LogP contribution in [0.3, 0.4) is 0 Å². The summed E-state index contributed by atoms with van der Waals surface area (Å²) < 4.78 is 1.58. The molecule has 132 valence electrons. The second-order valence-corrected chi connectivity index (χ2v) is 6.25. The molecular formula is C18H19N7O.